The molecule has 4 nitrogen and oxygen atoms in total. The molecule has 0 unspecified atom stereocenters. The SMILES string of the molecule is c1ccc(CCCOc2ccc3c(c2)N=C(c2cncnc2)C3)cc1. The lowest BCUT2D eigenvalue weighted by Gasteiger charge is -2.07. The molecule has 2 heterocycles. The third-order valence-corrected chi connectivity index (χ3v) is 4.29. The largest absolute Gasteiger partial charge is 0.494 e. The van der Waals surface area contributed by atoms with Gasteiger partial charge in [-0.25, -0.2) is 9.97 Å². The molecule has 4 heteroatoms. The quantitative estimate of drug-likeness (QED) is 0.638. The maximum absolute atomic E-state index is 5.90. The second kappa shape index (κ2) is 7.26. The number of aromatic nitrogens is 2. The van der Waals surface area contributed by atoms with Gasteiger partial charge in [-0.3, -0.25) is 4.99 Å². The number of rotatable bonds is 6. The molecule has 0 spiro atoms. The zero-order valence-corrected chi connectivity index (χ0v) is 13.9. The molecule has 1 aromatic heterocycles. The Hall–Kier alpha value is -3.01. The summed E-state index contributed by atoms with van der Waals surface area (Å²) < 4.78 is 5.90. The fourth-order valence-corrected chi connectivity index (χ4v) is 2.98. The van der Waals surface area contributed by atoms with E-state index in [-0.39, 0.29) is 0 Å². The molecule has 3 aromatic rings. The van der Waals surface area contributed by atoms with E-state index in [0.29, 0.717) is 6.61 Å². The highest BCUT2D eigenvalue weighted by Gasteiger charge is 2.17. The second-order valence-electron chi connectivity index (χ2n) is 6.09. The number of aliphatic imine (C=N–C) groups is 1. The summed E-state index contributed by atoms with van der Waals surface area (Å²) in [6, 6.07) is 16.6. The van der Waals surface area contributed by atoms with Crippen LogP contribution >= 0.6 is 0 Å². The summed E-state index contributed by atoms with van der Waals surface area (Å²) in [4.78, 5) is 12.9. The summed E-state index contributed by atoms with van der Waals surface area (Å²) in [6.45, 7) is 0.705. The Labute approximate surface area is 147 Å². The zero-order valence-electron chi connectivity index (χ0n) is 13.9. The lowest BCUT2D eigenvalue weighted by molar-refractivity contribution is 0.311. The van der Waals surface area contributed by atoms with E-state index in [1.165, 1.54) is 17.5 Å². The van der Waals surface area contributed by atoms with Gasteiger partial charge in [0.25, 0.3) is 0 Å². The maximum Gasteiger partial charge on any atom is 0.121 e. The van der Waals surface area contributed by atoms with Crippen LogP contribution < -0.4 is 4.74 Å². The Kier molecular flexibility index (Phi) is 4.51. The molecule has 0 saturated carbocycles. The van der Waals surface area contributed by atoms with Gasteiger partial charge < -0.3 is 4.74 Å². The summed E-state index contributed by atoms with van der Waals surface area (Å²) in [5.74, 6) is 0.876. The van der Waals surface area contributed by atoms with Crippen molar-refractivity contribution >= 4 is 11.4 Å². The van der Waals surface area contributed by atoms with Crippen LogP contribution in [0.3, 0.4) is 0 Å². The van der Waals surface area contributed by atoms with Gasteiger partial charge in [0.1, 0.15) is 12.1 Å². The number of hydrogen-bond donors (Lipinski definition) is 0. The van der Waals surface area contributed by atoms with Crippen molar-refractivity contribution in [1.82, 2.24) is 9.97 Å². The first kappa shape index (κ1) is 15.5. The third kappa shape index (κ3) is 3.74. The van der Waals surface area contributed by atoms with Crippen molar-refractivity contribution in [2.75, 3.05) is 6.61 Å². The van der Waals surface area contributed by atoms with Crippen LogP contribution in [0.15, 0.2) is 72.2 Å². The molecule has 1 aliphatic rings. The predicted octanol–water partition coefficient (Wildman–Crippen LogP) is 4.17. The average Bonchev–Trinajstić information content (AvgIpc) is 3.10. The zero-order chi connectivity index (χ0) is 16.9. The monoisotopic (exact) mass is 329 g/mol. The van der Waals surface area contributed by atoms with Crippen LogP contribution in [0, 0.1) is 0 Å². The maximum atomic E-state index is 5.90. The highest BCUT2D eigenvalue weighted by molar-refractivity contribution is 6.06. The van der Waals surface area contributed by atoms with Crippen LogP contribution in [0.1, 0.15) is 23.1 Å². The van der Waals surface area contributed by atoms with E-state index in [2.05, 4.69) is 40.3 Å². The summed E-state index contributed by atoms with van der Waals surface area (Å²) in [5.41, 5.74) is 5.54. The molecule has 0 radical (unpaired) electrons. The fraction of sp³-hybridized carbons (Fsp3) is 0.190. The molecule has 2 aromatic carbocycles. The summed E-state index contributed by atoms with van der Waals surface area (Å²) in [5, 5.41) is 0. The summed E-state index contributed by atoms with van der Waals surface area (Å²) >= 11 is 0. The first-order valence-electron chi connectivity index (χ1n) is 8.51. The molecule has 0 aliphatic carbocycles. The Morgan fingerprint density at radius 1 is 0.960 bits per heavy atom. The van der Waals surface area contributed by atoms with Crippen LogP contribution in [0.2, 0.25) is 0 Å². The number of aryl methyl sites for hydroxylation is 1. The van der Waals surface area contributed by atoms with Gasteiger partial charge in [0.15, 0.2) is 0 Å². The molecule has 0 bridgehead atoms. The predicted molar refractivity (Wildman–Crippen MR) is 98.6 cm³/mol. The van der Waals surface area contributed by atoms with Crippen molar-refractivity contribution in [3.05, 3.63) is 83.9 Å². The molecule has 124 valence electrons. The first-order chi connectivity index (χ1) is 12.4. The van der Waals surface area contributed by atoms with Crippen molar-refractivity contribution in [3.8, 4) is 5.75 Å². The molecule has 1 aliphatic heterocycles. The van der Waals surface area contributed by atoms with Gasteiger partial charge in [-0.15, -0.1) is 0 Å². The Bertz CT molecular complexity index is 876. The van der Waals surface area contributed by atoms with Crippen LogP contribution in [0.25, 0.3) is 0 Å². The summed E-state index contributed by atoms with van der Waals surface area (Å²) in [7, 11) is 0. The minimum Gasteiger partial charge on any atom is -0.494 e. The topological polar surface area (TPSA) is 47.4 Å². The molecular formula is C21H19N3O. The molecule has 0 saturated heterocycles. The van der Waals surface area contributed by atoms with Gasteiger partial charge in [0.2, 0.25) is 0 Å². The van der Waals surface area contributed by atoms with E-state index >= 15 is 0 Å². The Morgan fingerprint density at radius 2 is 1.80 bits per heavy atom. The van der Waals surface area contributed by atoms with Crippen molar-refractivity contribution in [1.29, 1.82) is 0 Å². The van der Waals surface area contributed by atoms with Crippen molar-refractivity contribution in [3.63, 3.8) is 0 Å². The second-order valence-corrected chi connectivity index (χ2v) is 6.09. The standard InChI is InChI=1S/C21H19N3O/c1-2-5-16(6-3-1)7-4-10-25-19-9-8-17-11-20(24-21(17)12-19)18-13-22-15-23-14-18/h1-3,5-6,8-9,12-15H,4,7,10-11H2. The molecule has 0 N–H and O–H groups in total. The van der Waals surface area contributed by atoms with Crippen LogP contribution in [0.4, 0.5) is 5.69 Å². The summed E-state index contributed by atoms with van der Waals surface area (Å²) in [6.07, 6.45) is 7.99. The molecule has 0 fully saturated rings. The minimum atomic E-state index is 0.705. The number of nitrogens with zero attached hydrogens (tertiary/aromatic N) is 3. The lowest BCUT2D eigenvalue weighted by atomic mass is 10.1. The first-order valence-corrected chi connectivity index (χ1v) is 8.51. The molecular weight excluding hydrogens is 310 g/mol. The molecule has 0 amide bonds. The van der Waals surface area contributed by atoms with Crippen LogP contribution in [-0.2, 0) is 12.8 Å². The minimum absolute atomic E-state index is 0.705. The van der Waals surface area contributed by atoms with Crippen molar-refractivity contribution < 1.29 is 4.74 Å². The van der Waals surface area contributed by atoms with Gasteiger partial charge in [0, 0.05) is 30.4 Å². The molecule has 0 atom stereocenters. The molecule has 4 rings (SSSR count). The van der Waals surface area contributed by atoms with Gasteiger partial charge >= 0.3 is 0 Å². The van der Waals surface area contributed by atoms with E-state index in [1.54, 1.807) is 12.4 Å². The van der Waals surface area contributed by atoms with E-state index in [0.717, 1.165) is 42.0 Å². The highest BCUT2D eigenvalue weighted by Crippen LogP contribution is 2.32. The lowest BCUT2D eigenvalue weighted by Crippen LogP contribution is -2.01. The smallest absolute Gasteiger partial charge is 0.121 e. The number of fused-ring (bicyclic) bond motifs is 1. The van der Waals surface area contributed by atoms with Crippen LogP contribution in [0.5, 0.6) is 5.75 Å². The number of benzene rings is 2. The number of hydrogen-bond acceptors (Lipinski definition) is 4. The Morgan fingerprint density at radius 3 is 2.64 bits per heavy atom. The fourth-order valence-electron chi connectivity index (χ4n) is 2.98. The van der Waals surface area contributed by atoms with E-state index in [9.17, 15) is 0 Å². The average molecular weight is 329 g/mol. The van der Waals surface area contributed by atoms with Gasteiger partial charge in [-0.2, -0.15) is 0 Å². The van der Waals surface area contributed by atoms with Gasteiger partial charge in [-0.1, -0.05) is 36.4 Å². The van der Waals surface area contributed by atoms with Crippen molar-refractivity contribution in [2.24, 2.45) is 4.99 Å². The Balaban J connectivity index is 1.36. The van der Waals surface area contributed by atoms with E-state index in [4.69, 9.17) is 9.73 Å². The van der Waals surface area contributed by atoms with Crippen LogP contribution in [-0.4, -0.2) is 22.3 Å². The van der Waals surface area contributed by atoms with Gasteiger partial charge in [-0.05, 0) is 30.0 Å². The van der Waals surface area contributed by atoms with E-state index < -0.39 is 0 Å². The van der Waals surface area contributed by atoms with Crippen molar-refractivity contribution in [2.45, 2.75) is 19.3 Å². The third-order valence-electron chi connectivity index (χ3n) is 4.29. The highest BCUT2D eigenvalue weighted by atomic mass is 16.5. The number of ether oxygens (including phenoxy) is 1. The van der Waals surface area contributed by atoms with E-state index in [1.807, 2.05) is 18.2 Å². The normalized spacial score (nSPS) is 12.6. The van der Waals surface area contributed by atoms with Gasteiger partial charge in [0.05, 0.1) is 18.0 Å². The molecule has 25 heavy (non-hydrogen) atoms.